The summed E-state index contributed by atoms with van der Waals surface area (Å²) >= 11 is 4.93. The van der Waals surface area contributed by atoms with Gasteiger partial charge in [-0.25, -0.2) is 0 Å². The molecule has 1 heterocycles. The molecule has 134 valence electrons. The fourth-order valence-corrected chi connectivity index (χ4v) is 3.14. The molecule has 0 saturated heterocycles. The topological polar surface area (TPSA) is 73.9 Å². The largest absolute Gasteiger partial charge is 0.493 e. The molecule has 0 fully saturated rings. The van der Waals surface area contributed by atoms with Gasteiger partial charge in [-0.1, -0.05) is 22.0 Å². The number of carbonyl (C=O) groups is 2. The van der Waals surface area contributed by atoms with Gasteiger partial charge in [-0.3, -0.25) is 9.59 Å². The summed E-state index contributed by atoms with van der Waals surface area (Å²) in [5.74, 6) is 0.231. The van der Waals surface area contributed by atoms with Crippen LogP contribution in [0.3, 0.4) is 0 Å². The lowest BCUT2D eigenvalue weighted by Gasteiger charge is -2.12. The second kappa shape index (κ2) is 9.43. The zero-order valence-electron chi connectivity index (χ0n) is 13.8. The van der Waals surface area contributed by atoms with Crippen molar-refractivity contribution in [1.82, 2.24) is 5.32 Å². The molecule has 1 aromatic heterocycles. The van der Waals surface area contributed by atoms with E-state index >= 15 is 0 Å². The number of amides is 1. The van der Waals surface area contributed by atoms with Gasteiger partial charge in [0, 0.05) is 9.35 Å². The fourth-order valence-electron chi connectivity index (χ4n) is 2.03. The van der Waals surface area contributed by atoms with Crippen LogP contribution < -0.4 is 14.8 Å². The average Bonchev–Trinajstić information content (AvgIpc) is 3.13. The van der Waals surface area contributed by atoms with E-state index in [1.54, 1.807) is 23.5 Å². The van der Waals surface area contributed by atoms with E-state index in [1.807, 2.05) is 17.5 Å². The van der Waals surface area contributed by atoms with E-state index in [4.69, 9.17) is 14.2 Å². The molecule has 1 amide bonds. The van der Waals surface area contributed by atoms with Crippen molar-refractivity contribution in [2.75, 3.05) is 20.8 Å². The van der Waals surface area contributed by atoms with Crippen LogP contribution in [0.2, 0.25) is 0 Å². The molecule has 2 aromatic rings. The van der Waals surface area contributed by atoms with Crippen molar-refractivity contribution in [3.8, 4) is 11.5 Å². The maximum Gasteiger partial charge on any atom is 0.310 e. The van der Waals surface area contributed by atoms with Gasteiger partial charge in [0.15, 0.2) is 18.1 Å². The van der Waals surface area contributed by atoms with E-state index < -0.39 is 5.97 Å². The Bertz CT molecular complexity index is 733. The molecule has 0 aliphatic rings. The third-order valence-corrected chi connectivity index (χ3v) is 4.91. The first-order chi connectivity index (χ1) is 12.0. The predicted octanol–water partition coefficient (Wildman–Crippen LogP) is 2.93. The Kier molecular flexibility index (Phi) is 7.27. The summed E-state index contributed by atoms with van der Waals surface area (Å²) in [6.45, 7) is 0.115. The van der Waals surface area contributed by atoms with Gasteiger partial charge < -0.3 is 19.5 Å². The number of nitrogens with one attached hydrogen (secondary N) is 1. The number of rotatable bonds is 8. The quantitative estimate of drug-likeness (QED) is 0.655. The molecule has 6 nitrogen and oxygen atoms in total. The summed E-state index contributed by atoms with van der Waals surface area (Å²) in [5, 5.41) is 4.63. The average molecular weight is 428 g/mol. The Morgan fingerprint density at radius 2 is 1.92 bits per heavy atom. The SMILES string of the molecule is COc1cc(Br)c(CC(=O)OCC(=O)NCc2cccs2)cc1OC. The van der Waals surface area contributed by atoms with Crippen LogP contribution in [0.5, 0.6) is 11.5 Å². The first kappa shape index (κ1) is 19.3. The van der Waals surface area contributed by atoms with Gasteiger partial charge in [-0.05, 0) is 29.1 Å². The number of halogens is 1. The standard InChI is InChI=1S/C17H18BrNO5S/c1-22-14-6-11(13(18)8-15(14)23-2)7-17(21)24-10-16(20)19-9-12-4-3-5-25-12/h3-6,8H,7,9-10H2,1-2H3,(H,19,20). The number of esters is 1. The van der Waals surface area contributed by atoms with Crippen molar-refractivity contribution in [1.29, 1.82) is 0 Å². The van der Waals surface area contributed by atoms with E-state index in [9.17, 15) is 9.59 Å². The van der Waals surface area contributed by atoms with Gasteiger partial charge in [0.2, 0.25) is 0 Å². The van der Waals surface area contributed by atoms with Crippen molar-refractivity contribution in [2.45, 2.75) is 13.0 Å². The van der Waals surface area contributed by atoms with Gasteiger partial charge >= 0.3 is 5.97 Å². The molecule has 1 aromatic carbocycles. The van der Waals surface area contributed by atoms with E-state index in [0.29, 0.717) is 28.1 Å². The monoisotopic (exact) mass is 427 g/mol. The smallest absolute Gasteiger partial charge is 0.310 e. The number of benzene rings is 1. The van der Waals surface area contributed by atoms with Gasteiger partial charge in [0.1, 0.15) is 0 Å². The molecule has 0 aliphatic carbocycles. The van der Waals surface area contributed by atoms with E-state index in [-0.39, 0.29) is 18.9 Å². The van der Waals surface area contributed by atoms with Crippen LogP contribution in [0.25, 0.3) is 0 Å². The highest BCUT2D eigenvalue weighted by Gasteiger charge is 2.14. The lowest BCUT2D eigenvalue weighted by molar-refractivity contribution is -0.147. The molecule has 0 radical (unpaired) electrons. The second-order valence-corrected chi connectivity index (χ2v) is 6.88. The number of ether oxygens (including phenoxy) is 3. The lowest BCUT2D eigenvalue weighted by Crippen LogP contribution is -2.28. The molecule has 0 unspecified atom stereocenters. The van der Waals surface area contributed by atoms with E-state index in [2.05, 4.69) is 21.2 Å². The van der Waals surface area contributed by atoms with Crippen LogP contribution in [0.15, 0.2) is 34.1 Å². The van der Waals surface area contributed by atoms with E-state index in [0.717, 1.165) is 4.88 Å². The number of hydrogen-bond acceptors (Lipinski definition) is 6. The molecular weight excluding hydrogens is 410 g/mol. The molecule has 8 heteroatoms. The zero-order chi connectivity index (χ0) is 18.2. The van der Waals surface area contributed by atoms with Gasteiger partial charge in [0.05, 0.1) is 27.2 Å². The fraction of sp³-hybridized carbons (Fsp3) is 0.294. The molecule has 0 saturated carbocycles. The minimum Gasteiger partial charge on any atom is -0.493 e. The predicted molar refractivity (Wildman–Crippen MR) is 98.1 cm³/mol. The van der Waals surface area contributed by atoms with Crippen molar-refractivity contribution in [3.05, 3.63) is 44.6 Å². The number of thiophene rings is 1. The molecule has 0 aliphatic heterocycles. The van der Waals surface area contributed by atoms with Crippen molar-refractivity contribution >= 4 is 39.1 Å². The lowest BCUT2D eigenvalue weighted by atomic mass is 10.1. The Balaban J connectivity index is 1.84. The molecule has 0 bridgehead atoms. The third kappa shape index (κ3) is 5.75. The Labute approximate surface area is 158 Å². The first-order valence-electron chi connectivity index (χ1n) is 7.38. The van der Waals surface area contributed by atoms with Crippen LogP contribution in [0, 0.1) is 0 Å². The molecule has 0 spiro atoms. The third-order valence-electron chi connectivity index (χ3n) is 3.29. The maximum absolute atomic E-state index is 12.0. The number of methoxy groups -OCH3 is 2. The van der Waals surface area contributed by atoms with Crippen LogP contribution >= 0.6 is 27.3 Å². The van der Waals surface area contributed by atoms with Crippen molar-refractivity contribution < 1.29 is 23.8 Å². The first-order valence-corrected chi connectivity index (χ1v) is 9.06. The van der Waals surface area contributed by atoms with Crippen LogP contribution in [-0.4, -0.2) is 32.7 Å². The van der Waals surface area contributed by atoms with E-state index in [1.165, 1.54) is 14.2 Å². The Morgan fingerprint density at radius 1 is 1.20 bits per heavy atom. The van der Waals surface area contributed by atoms with Gasteiger partial charge in [0.25, 0.3) is 5.91 Å². The summed E-state index contributed by atoms with van der Waals surface area (Å²) in [6, 6.07) is 7.24. The summed E-state index contributed by atoms with van der Waals surface area (Å²) in [7, 11) is 3.05. The number of hydrogen-bond donors (Lipinski definition) is 1. The second-order valence-electron chi connectivity index (χ2n) is 4.99. The maximum atomic E-state index is 12.0. The zero-order valence-corrected chi connectivity index (χ0v) is 16.2. The van der Waals surface area contributed by atoms with Crippen molar-refractivity contribution in [3.63, 3.8) is 0 Å². The summed E-state index contributed by atoms with van der Waals surface area (Å²) in [4.78, 5) is 24.7. The Morgan fingerprint density at radius 3 is 2.56 bits per heavy atom. The number of carbonyl (C=O) groups excluding carboxylic acids is 2. The molecule has 2 rings (SSSR count). The molecule has 1 N–H and O–H groups in total. The summed E-state index contributed by atoms with van der Waals surface area (Å²) < 4.78 is 16.1. The summed E-state index contributed by atoms with van der Waals surface area (Å²) in [5.41, 5.74) is 0.682. The highest BCUT2D eigenvalue weighted by Crippen LogP contribution is 2.33. The van der Waals surface area contributed by atoms with Crippen LogP contribution in [0.4, 0.5) is 0 Å². The highest BCUT2D eigenvalue weighted by molar-refractivity contribution is 9.10. The molecular formula is C17H18BrNO5S. The van der Waals surface area contributed by atoms with Crippen LogP contribution in [-0.2, 0) is 27.3 Å². The van der Waals surface area contributed by atoms with Crippen molar-refractivity contribution in [2.24, 2.45) is 0 Å². The summed E-state index contributed by atoms with van der Waals surface area (Å²) in [6.07, 6.45) is 0.0130. The minimum atomic E-state index is -0.501. The van der Waals surface area contributed by atoms with Gasteiger partial charge in [-0.2, -0.15) is 0 Å². The minimum absolute atomic E-state index is 0.0130. The normalized spacial score (nSPS) is 10.2. The molecule has 0 atom stereocenters. The van der Waals surface area contributed by atoms with Gasteiger partial charge in [-0.15, -0.1) is 11.3 Å². The Hall–Kier alpha value is -2.06. The van der Waals surface area contributed by atoms with Crippen LogP contribution in [0.1, 0.15) is 10.4 Å². The molecule has 25 heavy (non-hydrogen) atoms. The highest BCUT2D eigenvalue weighted by atomic mass is 79.9.